The normalized spacial score (nSPS) is 31.4. The summed E-state index contributed by atoms with van der Waals surface area (Å²) in [6, 6.07) is 0. The van der Waals surface area contributed by atoms with Crippen LogP contribution in [-0.2, 0) is 95.2 Å². The fourth-order valence-corrected chi connectivity index (χ4v) is 10.7. The molecule has 28 atom stereocenters. The predicted molar refractivity (Wildman–Crippen MR) is 352 cm³/mol. The number of aliphatic carboxylic acids is 4. The first kappa shape index (κ1) is 96.0. The van der Waals surface area contributed by atoms with Gasteiger partial charge in [-0.25, -0.2) is 0 Å². The zero-order chi connectivity index (χ0) is 78.7. The molecule has 36 heteroatoms. The van der Waals surface area contributed by atoms with E-state index in [1.807, 2.05) is 20.8 Å². The van der Waals surface area contributed by atoms with E-state index in [9.17, 15) is 99.6 Å². The van der Waals surface area contributed by atoms with Crippen LogP contribution in [-0.4, -0.2) is 301 Å². The van der Waals surface area contributed by atoms with E-state index >= 15 is 0 Å². The minimum atomic E-state index is -1.45. The van der Waals surface area contributed by atoms with Gasteiger partial charge in [-0.15, -0.1) is 0 Å². The molecule has 0 bridgehead atoms. The van der Waals surface area contributed by atoms with Gasteiger partial charge >= 0.3 is 47.8 Å². The molecule has 0 aromatic rings. The molecule has 103 heavy (non-hydrogen) atoms. The van der Waals surface area contributed by atoms with Gasteiger partial charge < -0.3 is 139 Å². The number of carbonyl (C=O) groups is 8. The summed E-state index contributed by atoms with van der Waals surface area (Å²) in [5.41, 5.74) is 0. The lowest BCUT2D eigenvalue weighted by Crippen LogP contribution is -2.58. The fraction of sp³-hybridized carbons (Fsp3) is 0.881. The fourth-order valence-electron chi connectivity index (χ4n) is 10.7. The molecule has 10 unspecified atom stereocenters. The van der Waals surface area contributed by atoms with E-state index in [1.165, 1.54) is 27.7 Å². The monoisotopic (exact) mass is 1500 g/mol. The van der Waals surface area contributed by atoms with E-state index in [0.29, 0.717) is 70.6 Å². The number of aliphatic hydroxyl groups excluding tert-OH is 12. The minimum absolute atomic E-state index is 0.143. The van der Waals surface area contributed by atoms with Gasteiger partial charge in [-0.3, -0.25) is 38.4 Å². The maximum absolute atomic E-state index is 12.1. The highest BCUT2D eigenvalue weighted by Gasteiger charge is 2.47. The first-order chi connectivity index (χ1) is 48.3. The molecule has 36 nitrogen and oxygen atoms in total. The number of carboxylic acid groups (broad SMARTS) is 4. The van der Waals surface area contributed by atoms with E-state index < -0.39 is 219 Å². The highest BCUT2D eigenvalue weighted by molar-refractivity contribution is 5.74. The SMILES string of the molecule is CCC(CC(=O)O)OC(=O)CC(CC)O[C@@H]1OC(C)[C@H](O)[C@H](O)C1O.CCC[C@@H](CC(=O)O)OC(=O)C[C@@H](CC)O[C@@H]1OC(C)[C@H](O)[C@H](O)C1O.CCC[C@@H](CC(=O)O)OC(=O)C[C@H](CC)O[C@@H]1OC(C)[C@H](O)[C@H](O)C1O.CCC[C@H](CC(=O)O)OC(=O)C[C@H](CC)O[C@@H]1OC(C)[C@H](O)[C@H](O)C1O. The lowest BCUT2D eigenvalue weighted by atomic mass is 10.00. The number of aliphatic hydroxyl groups is 12. The van der Waals surface area contributed by atoms with Crippen molar-refractivity contribution in [2.24, 2.45) is 0 Å². The molecule has 4 aliphatic heterocycles. The van der Waals surface area contributed by atoms with Crippen molar-refractivity contribution < 1.29 is 177 Å². The van der Waals surface area contributed by atoms with Gasteiger partial charge in [0.05, 0.1) is 100 Å². The number of carbonyl (C=O) groups excluding carboxylic acids is 4. The molecule has 4 fully saturated rings. The average molecular weight is 1500 g/mol. The second-order valence-electron chi connectivity index (χ2n) is 25.8. The standard InChI is InChI=1S/3C17H30O9.C16H28O9/c3*1-4-6-11(7-12(18)19)25-13(20)8-10(5-2)26-17-16(23)15(22)14(21)9(3)24-17;1-4-9(6-11(17)18)24-12(19)7-10(5-2)25-16-15(22)14(21)13(20)8(3)23-16/h3*9-11,14-17,21-23H,4-8H2,1-3H3,(H,18,19);8-10,13-16,20-22H,4-7H2,1-3H3,(H,17,18)/t9?,10-,11+,14+,15+,16?,17+;9?,10-,11+,14-,15-,16?,17-;9?,10-,11-,14-,15-,16?,17-;8?,9?,10?,13-,14-,15?,16-/m1000/s1. The van der Waals surface area contributed by atoms with Crippen LogP contribution in [0, 0.1) is 0 Å². The first-order valence-corrected chi connectivity index (χ1v) is 35.3. The van der Waals surface area contributed by atoms with Crippen molar-refractivity contribution >= 4 is 47.8 Å². The van der Waals surface area contributed by atoms with Crippen LogP contribution in [0.2, 0.25) is 0 Å². The van der Waals surface area contributed by atoms with Crippen LogP contribution in [0.15, 0.2) is 0 Å². The van der Waals surface area contributed by atoms with Gasteiger partial charge in [0.2, 0.25) is 0 Å². The van der Waals surface area contributed by atoms with Gasteiger partial charge in [-0.05, 0) is 79.1 Å². The minimum Gasteiger partial charge on any atom is -0.481 e. The van der Waals surface area contributed by atoms with Crippen molar-refractivity contribution in [3.63, 3.8) is 0 Å². The number of hydrogen-bond donors (Lipinski definition) is 16. The lowest BCUT2D eigenvalue weighted by Gasteiger charge is -2.40. The molecule has 0 aliphatic carbocycles. The summed E-state index contributed by atoms with van der Waals surface area (Å²) in [7, 11) is 0. The van der Waals surface area contributed by atoms with Gasteiger partial charge in [0.25, 0.3) is 0 Å². The highest BCUT2D eigenvalue weighted by atomic mass is 16.7. The smallest absolute Gasteiger partial charge is 0.308 e. The van der Waals surface area contributed by atoms with Crippen molar-refractivity contribution in [1.82, 2.24) is 0 Å². The Morgan fingerprint density at radius 3 is 0.602 bits per heavy atom. The highest BCUT2D eigenvalue weighted by Crippen LogP contribution is 2.29. The Morgan fingerprint density at radius 1 is 0.262 bits per heavy atom. The summed E-state index contributed by atoms with van der Waals surface area (Å²) in [6.45, 7) is 20.5. The van der Waals surface area contributed by atoms with Crippen molar-refractivity contribution in [1.29, 1.82) is 0 Å². The summed E-state index contributed by atoms with van der Waals surface area (Å²) >= 11 is 0. The zero-order valence-corrected chi connectivity index (χ0v) is 60.9. The van der Waals surface area contributed by atoms with Gasteiger partial charge in [0.1, 0.15) is 97.7 Å². The van der Waals surface area contributed by atoms with Crippen molar-refractivity contribution in [2.45, 2.75) is 377 Å². The van der Waals surface area contributed by atoms with Gasteiger partial charge in [-0.1, -0.05) is 74.7 Å². The quantitative estimate of drug-likeness (QED) is 0.0292. The molecule has 0 aromatic carbocycles. The molecule has 4 aliphatic rings. The maximum Gasteiger partial charge on any atom is 0.308 e. The maximum atomic E-state index is 12.1. The molecule has 16 N–H and O–H groups in total. The Bertz CT molecular complexity index is 2260. The predicted octanol–water partition coefficient (Wildman–Crippen LogP) is 0.353. The Hall–Kier alpha value is -5.04. The van der Waals surface area contributed by atoms with Crippen LogP contribution in [0.3, 0.4) is 0 Å². The van der Waals surface area contributed by atoms with Crippen LogP contribution in [0.1, 0.15) is 205 Å². The van der Waals surface area contributed by atoms with Gasteiger partial charge in [0, 0.05) is 0 Å². The molecule has 0 spiro atoms. The molecule has 0 radical (unpaired) electrons. The summed E-state index contributed by atoms with van der Waals surface area (Å²) in [5, 5.41) is 153. The number of carboxylic acids is 4. The Labute approximate surface area is 599 Å². The number of hydrogen-bond acceptors (Lipinski definition) is 32. The van der Waals surface area contributed by atoms with Gasteiger partial charge in [0.15, 0.2) is 25.2 Å². The molecule has 4 rings (SSSR count). The number of ether oxygens (including phenoxy) is 12. The molecular weight excluding hydrogens is 1380 g/mol. The summed E-state index contributed by atoms with van der Waals surface area (Å²) < 4.78 is 64.5. The lowest BCUT2D eigenvalue weighted by molar-refractivity contribution is -0.304. The van der Waals surface area contributed by atoms with Crippen LogP contribution >= 0.6 is 0 Å². The summed E-state index contributed by atoms with van der Waals surface area (Å²) in [4.78, 5) is 91.5. The van der Waals surface area contributed by atoms with E-state index in [2.05, 4.69) is 0 Å². The topological polar surface area (TPSA) is 571 Å². The van der Waals surface area contributed by atoms with Crippen LogP contribution < -0.4 is 0 Å². The van der Waals surface area contributed by atoms with E-state index in [-0.39, 0.29) is 51.4 Å². The summed E-state index contributed by atoms with van der Waals surface area (Å²) in [5.74, 6) is -6.59. The third-order valence-corrected chi connectivity index (χ3v) is 17.0. The third-order valence-electron chi connectivity index (χ3n) is 17.0. The molecule has 4 heterocycles. The van der Waals surface area contributed by atoms with Crippen molar-refractivity contribution in [3.05, 3.63) is 0 Å². The largest absolute Gasteiger partial charge is 0.481 e. The average Bonchev–Trinajstić information content (AvgIpc) is 0.841. The Balaban J connectivity index is 0.000000687. The zero-order valence-electron chi connectivity index (χ0n) is 60.9. The van der Waals surface area contributed by atoms with Crippen LogP contribution in [0.25, 0.3) is 0 Å². The molecular formula is C67H118O36. The summed E-state index contributed by atoms with van der Waals surface area (Å²) in [6.07, 6.45) is -25.8. The van der Waals surface area contributed by atoms with Gasteiger partial charge in [-0.2, -0.15) is 0 Å². The van der Waals surface area contributed by atoms with E-state index in [4.69, 9.17) is 77.3 Å². The van der Waals surface area contributed by atoms with Crippen LogP contribution in [0.4, 0.5) is 0 Å². The first-order valence-electron chi connectivity index (χ1n) is 35.3. The molecule has 602 valence electrons. The van der Waals surface area contributed by atoms with Crippen molar-refractivity contribution in [2.75, 3.05) is 0 Å². The van der Waals surface area contributed by atoms with E-state index in [0.717, 1.165) is 0 Å². The number of rotatable bonds is 39. The van der Waals surface area contributed by atoms with E-state index in [1.54, 1.807) is 34.6 Å². The van der Waals surface area contributed by atoms with Crippen molar-refractivity contribution in [3.8, 4) is 0 Å². The molecule has 0 aromatic heterocycles. The van der Waals surface area contributed by atoms with Crippen LogP contribution in [0.5, 0.6) is 0 Å². The molecule has 4 saturated heterocycles. The second-order valence-corrected chi connectivity index (χ2v) is 25.8. The Morgan fingerprint density at radius 2 is 0.437 bits per heavy atom. The molecule has 0 saturated carbocycles. The number of esters is 4. The Kier molecular flexibility index (Phi) is 46.4. The molecule has 0 amide bonds. The third kappa shape index (κ3) is 35.0. The second kappa shape index (κ2) is 49.8.